The monoisotopic (exact) mass is 832 g/mol. The summed E-state index contributed by atoms with van der Waals surface area (Å²) in [6.07, 6.45) is 3.73. The lowest BCUT2D eigenvalue weighted by atomic mass is 9.61. The van der Waals surface area contributed by atoms with E-state index in [9.17, 15) is 0 Å². The van der Waals surface area contributed by atoms with Crippen LogP contribution in [0.4, 0.5) is 0 Å². The number of aromatic nitrogens is 4. The molecule has 0 N–H and O–H groups in total. The van der Waals surface area contributed by atoms with Gasteiger partial charge < -0.3 is 4.74 Å². The summed E-state index contributed by atoms with van der Waals surface area (Å²) in [4.78, 5) is 20.1. The molecule has 0 fully saturated rings. The van der Waals surface area contributed by atoms with Crippen LogP contribution in [0.15, 0.2) is 207 Å². The third-order valence-corrected chi connectivity index (χ3v) is 13.9. The van der Waals surface area contributed by atoms with Crippen LogP contribution in [0.25, 0.3) is 78.7 Å². The molecule has 3 heterocycles. The fraction of sp³-hybridized carbons (Fsp3) is 0.0667. The van der Waals surface area contributed by atoms with E-state index in [0.29, 0.717) is 11.6 Å². The van der Waals surface area contributed by atoms with Crippen molar-refractivity contribution in [1.29, 1.82) is 0 Å². The Morgan fingerprint density at radius 2 is 0.877 bits per heavy atom. The zero-order valence-electron chi connectivity index (χ0n) is 35.8. The van der Waals surface area contributed by atoms with Gasteiger partial charge in [0.15, 0.2) is 11.6 Å². The molecule has 0 bridgehead atoms. The molecular formula is C60H40N4O. The average molecular weight is 833 g/mol. The fourth-order valence-corrected chi connectivity index (χ4v) is 10.9. The first-order chi connectivity index (χ1) is 32.0. The van der Waals surface area contributed by atoms with Gasteiger partial charge in [0.1, 0.15) is 11.5 Å². The Balaban J connectivity index is 1.11. The van der Waals surface area contributed by atoms with Gasteiger partial charge in [-0.05, 0) is 86.0 Å². The molecule has 1 atom stereocenters. The molecule has 2 aromatic heterocycles. The summed E-state index contributed by atoms with van der Waals surface area (Å²) in [5.74, 6) is 3.01. The SMILES string of the molecule is CC1(C)c2ccccc2-c2cc3c(cc21)Oc1ccccc1C31c2ccccc2-c2ccccc2-c2ccc(-c3cc(-c4cnc(-c5ccccc5)nc4)nc(-c4ccccc4)n3)cc21. The largest absolute Gasteiger partial charge is 0.457 e. The summed E-state index contributed by atoms with van der Waals surface area (Å²) in [5.41, 5.74) is 18.6. The highest BCUT2D eigenvalue weighted by atomic mass is 16.5. The van der Waals surface area contributed by atoms with Crippen molar-refractivity contribution >= 4 is 0 Å². The van der Waals surface area contributed by atoms with E-state index < -0.39 is 5.41 Å². The molecule has 5 nitrogen and oxygen atoms in total. The van der Waals surface area contributed by atoms with Crippen LogP contribution in [0.5, 0.6) is 11.5 Å². The molecule has 10 aromatic rings. The predicted molar refractivity (Wildman–Crippen MR) is 260 cm³/mol. The van der Waals surface area contributed by atoms with E-state index in [1.807, 2.05) is 60.9 Å². The van der Waals surface area contributed by atoms with Crippen LogP contribution >= 0.6 is 0 Å². The van der Waals surface area contributed by atoms with Crippen LogP contribution in [-0.4, -0.2) is 19.9 Å². The quantitative estimate of drug-likeness (QED) is 0.177. The first-order valence-electron chi connectivity index (χ1n) is 22.2. The van der Waals surface area contributed by atoms with Crippen LogP contribution in [0, 0.1) is 0 Å². The fourth-order valence-electron chi connectivity index (χ4n) is 10.9. The van der Waals surface area contributed by atoms with Crippen molar-refractivity contribution in [3.05, 3.63) is 240 Å². The number of nitrogens with zero attached hydrogens (tertiary/aromatic N) is 4. The summed E-state index contributed by atoms with van der Waals surface area (Å²) < 4.78 is 7.12. The molecule has 65 heavy (non-hydrogen) atoms. The second kappa shape index (κ2) is 14.1. The topological polar surface area (TPSA) is 60.8 Å². The Bertz CT molecular complexity index is 3540. The van der Waals surface area contributed by atoms with Crippen molar-refractivity contribution in [3.8, 4) is 90.2 Å². The first kappa shape index (κ1) is 37.3. The Morgan fingerprint density at radius 1 is 0.338 bits per heavy atom. The molecular weight excluding hydrogens is 793 g/mol. The highest BCUT2D eigenvalue weighted by Crippen LogP contribution is 2.63. The van der Waals surface area contributed by atoms with Gasteiger partial charge in [-0.25, -0.2) is 19.9 Å². The molecule has 1 unspecified atom stereocenters. The van der Waals surface area contributed by atoms with Crippen LogP contribution in [0.3, 0.4) is 0 Å². The van der Waals surface area contributed by atoms with Crippen LogP contribution in [0.2, 0.25) is 0 Å². The third-order valence-electron chi connectivity index (χ3n) is 13.9. The van der Waals surface area contributed by atoms with Gasteiger partial charge in [-0.15, -0.1) is 0 Å². The van der Waals surface area contributed by atoms with Gasteiger partial charge in [-0.2, -0.15) is 0 Å². The van der Waals surface area contributed by atoms with Crippen LogP contribution in [0.1, 0.15) is 47.2 Å². The van der Waals surface area contributed by atoms with E-state index >= 15 is 0 Å². The zero-order valence-corrected chi connectivity index (χ0v) is 35.8. The van der Waals surface area contributed by atoms with Gasteiger partial charge in [0.05, 0.1) is 16.8 Å². The summed E-state index contributed by atoms with van der Waals surface area (Å²) in [6.45, 7) is 4.67. The average Bonchev–Trinajstić information content (AvgIpc) is 3.53. The molecule has 0 radical (unpaired) electrons. The lowest BCUT2D eigenvalue weighted by molar-refractivity contribution is 0.433. The van der Waals surface area contributed by atoms with E-state index in [0.717, 1.165) is 67.4 Å². The Kier molecular flexibility index (Phi) is 8.10. The molecule has 1 aliphatic heterocycles. The maximum absolute atomic E-state index is 7.12. The normalized spacial score (nSPS) is 15.5. The molecule has 0 saturated heterocycles. The van der Waals surface area contributed by atoms with Crippen molar-refractivity contribution < 1.29 is 4.74 Å². The Hall–Kier alpha value is -8.28. The molecule has 1 spiro atoms. The van der Waals surface area contributed by atoms with E-state index in [-0.39, 0.29) is 5.41 Å². The van der Waals surface area contributed by atoms with E-state index in [2.05, 4.69) is 159 Å². The smallest absolute Gasteiger partial charge is 0.160 e. The van der Waals surface area contributed by atoms with E-state index in [1.54, 1.807) is 0 Å². The minimum Gasteiger partial charge on any atom is -0.457 e. The minimum absolute atomic E-state index is 0.203. The van der Waals surface area contributed by atoms with E-state index in [1.165, 1.54) is 44.5 Å². The van der Waals surface area contributed by atoms with Crippen molar-refractivity contribution in [2.24, 2.45) is 0 Å². The van der Waals surface area contributed by atoms with Crippen molar-refractivity contribution in [2.75, 3.05) is 0 Å². The first-order valence-corrected chi connectivity index (χ1v) is 22.2. The number of fused-ring (bicyclic) bond motifs is 14. The highest BCUT2D eigenvalue weighted by molar-refractivity contribution is 5.95. The number of hydrogen-bond acceptors (Lipinski definition) is 5. The number of para-hydroxylation sites is 1. The predicted octanol–water partition coefficient (Wildman–Crippen LogP) is 14.4. The molecule has 5 heteroatoms. The Labute approximate surface area is 377 Å². The third kappa shape index (κ3) is 5.52. The highest BCUT2D eigenvalue weighted by Gasteiger charge is 2.51. The number of ether oxygens (including phenoxy) is 1. The number of hydrogen-bond donors (Lipinski definition) is 0. The molecule has 8 aromatic carbocycles. The van der Waals surface area contributed by atoms with Crippen LogP contribution < -0.4 is 4.74 Å². The van der Waals surface area contributed by atoms with Crippen molar-refractivity contribution in [3.63, 3.8) is 0 Å². The van der Waals surface area contributed by atoms with Gasteiger partial charge in [-0.1, -0.05) is 178 Å². The zero-order chi connectivity index (χ0) is 43.3. The summed E-state index contributed by atoms with van der Waals surface area (Å²) in [7, 11) is 0. The van der Waals surface area contributed by atoms with Gasteiger partial charge >= 0.3 is 0 Å². The maximum atomic E-state index is 7.12. The standard InChI is InChI=1S/C60H40N4O/c1-59(2)47-25-13-11-24-44(47)46-32-52-56(33-50(46)59)65-55-28-16-15-27-49(55)60(52)48-26-14-12-23-43(48)41-21-9-10-22-42(41)45-30-29-39(31-51(45)60)53-34-54(64-58(63-53)38-19-7-4-8-20-38)40-35-61-57(62-36-40)37-17-5-3-6-18-37/h3-36H,1-2H3. The lowest BCUT2D eigenvalue weighted by Crippen LogP contribution is -2.35. The molecule has 2 aliphatic carbocycles. The molecule has 3 aliphatic rings. The summed E-state index contributed by atoms with van der Waals surface area (Å²) in [6, 6.07) is 69.4. The van der Waals surface area contributed by atoms with Gasteiger partial charge in [0.2, 0.25) is 0 Å². The van der Waals surface area contributed by atoms with E-state index in [4.69, 9.17) is 24.7 Å². The minimum atomic E-state index is -0.804. The lowest BCUT2D eigenvalue weighted by Gasteiger charge is -2.43. The van der Waals surface area contributed by atoms with Gasteiger partial charge in [0.25, 0.3) is 0 Å². The summed E-state index contributed by atoms with van der Waals surface area (Å²) >= 11 is 0. The number of rotatable bonds is 4. The maximum Gasteiger partial charge on any atom is 0.160 e. The molecule has 13 rings (SSSR count). The molecule has 0 amide bonds. The second-order valence-electron chi connectivity index (χ2n) is 17.8. The van der Waals surface area contributed by atoms with Crippen molar-refractivity contribution in [1.82, 2.24) is 19.9 Å². The van der Waals surface area contributed by atoms with Crippen molar-refractivity contribution in [2.45, 2.75) is 24.7 Å². The number of benzene rings is 8. The molecule has 0 saturated carbocycles. The molecule has 306 valence electrons. The van der Waals surface area contributed by atoms with Crippen LogP contribution in [-0.2, 0) is 10.8 Å². The Morgan fingerprint density at radius 3 is 1.57 bits per heavy atom. The van der Waals surface area contributed by atoms with Gasteiger partial charge in [-0.3, -0.25) is 0 Å². The second-order valence-corrected chi connectivity index (χ2v) is 17.8. The summed E-state index contributed by atoms with van der Waals surface area (Å²) in [5, 5.41) is 0. The van der Waals surface area contributed by atoms with Gasteiger partial charge in [0, 0.05) is 51.2 Å².